The number of fused-ring (bicyclic) bond motifs is 2. The predicted octanol–water partition coefficient (Wildman–Crippen LogP) is 1.68. The maximum atomic E-state index is 12.1. The Hall–Kier alpha value is -0.320. The molecule has 0 aromatic carbocycles. The van der Waals surface area contributed by atoms with Crippen molar-refractivity contribution in [3.8, 4) is 0 Å². The fourth-order valence-corrected chi connectivity index (χ4v) is 4.28. The Kier molecular flexibility index (Phi) is 5.70. The minimum Gasteiger partial charge on any atom is -0.379 e. The molecule has 1 N–H and O–H groups in total. The van der Waals surface area contributed by atoms with Crippen LogP contribution in [-0.2, 0) is 9.53 Å². The molecule has 0 aromatic rings. The highest BCUT2D eigenvalue weighted by Gasteiger charge is 2.42. The standard InChI is InChI=1S/C15H26N2O2.ClH/c1-11(14-9-12-2-3-13(14)8-12)16-15(18)10-17-4-6-19-7-5-17;/h11-14H,2-10H2,1H3,(H,16,18);1H. The molecule has 0 spiro atoms. The third-order valence-electron chi connectivity index (χ3n) is 5.29. The average Bonchev–Trinajstić information content (AvgIpc) is 3.02. The molecule has 3 rings (SSSR count). The summed E-state index contributed by atoms with van der Waals surface area (Å²) in [6, 6.07) is 0.351. The number of halogens is 1. The first kappa shape index (κ1) is 16.1. The van der Waals surface area contributed by atoms with E-state index in [0.29, 0.717) is 12.6 Å². The summed E-state index contributed by atoms with van der Waals surface area (Å²) in [5, 5.41) is 3.23. The van der Waals surface area contributed by atoms with Crippen molar-refractivity contribution in [1.29, 1.82) is 0 Å². The SMILES string of the molecule is CC(NC(=O)CN1CCOCC1)C1CC2CCC1C2.Cl. The summed E-state index contributed by atoms with van der Waals surface area (Å²) >= 11 is 0. The Labute approximate surface area is 128 Å². The van der Waals surface area contributed by atoms with Gasteiger partial charge in [0.2, 0.25) is 5.91 Å². The lowest BCUT2D eigenvalue weighted by molar-refractivity contribution is -0.124. The zero-order chi connectivity index (χ0) is 13.2. The Balaban J connectivity index is 0.00000147. The average molecular weight is 303 g/mol. The van der Waals surface area contributed by atoms with E-state index in [1.807, 2.05) is 0 Å². The van der Waals surface area contributed by atoms with Crippen LogP contribution in [0.15, 0.2) is 0 Å². The number of hydrogen-bond acceptors (Lipinski definition) is 3. The van der Waals surface area contributed by atoms with Crippen LogP contribution in [0.2, 0.25) is 0 Å². The number of carbonyl (C=O) groups excluding carboxylic acids is 1. The van der Waals surface area contributed by atoms with Crippen LogP contribution in [0.25, 0.3) is 0 Å². The minimum absolute atomic E-state index is 0. The maximum absolute atomic E-state index is 12.1. The smallest absolute Gasteiger partial charge is 0.234 e. The summed E-state index contributed by atoms with van der Waals surface area (Å²) in [6.07, 6.45) is 5.56. The molecule has 1 saturated heterocycles. The molecule has 0 radical (unpaired) electrons. The van der Waals surface area contributed by atoms with Crippen molar-refractivity contribution in [2.45, 2.75) is 38.6 Å². The second-order valence-corrected chi connectivity index (χ2v) is 6.58. The Morgan fingerprint density at radius 1 is 1.30 bits per heavy atom. The van der Waals surface area contributed by atoms with Gasteiger partial charge in [0, 0.05) is 19.1 Å². The van der Waals surface area contributed by atoms with E-state index < -0.39 is 0 Å². The largest absolute Gasteiger partial charge is 0.379 e. The molecule has 0 aromatic heterocycles. The Morgan fingerprint density at radius 3 is 2.65 bits per heavy atom. The van der Waals surface area contributed by atoms with Crippen molar-refractivity contribution in [3.05, 3.63) is 0 Å². The number of morpholine rings is 1. The molecule has 116 valence electrons. The molecule has 4 nitrogen and oxygen atoms in total. The van der Waals surface area contributed by atoms with E-state index in [1.54, 1.807) is 0 Å². The minimum atomic E-state index is 0. The number of ether oxygens (including phenoxy) is 1. The number of carbonyl (C=O) groups is 1. The number of rotatable bonds is 4. The number of nitrogens with zero attached hydrogens (tertiary/aromatic N) is 1. The molecule has 4 atom stereocenters. The van der Waals surface area contributed by atoms with Gasteiger partial charge in [0.05, 0.1) is 19.8 Å². The lowest BCUT2D eigenvalue weighted by Crippen LogP contribution is -2.47. The summed E-state index contributed by atoms with van der Waals surface area (Å²) in [5.74, 6) is 2.75. The van der Waals surface area contributed by atoms with Crippen molar-refractivity contribution in [2.75, 3.05) is 32.8 Å². The lowest BCUT2D eigenvalue weighted by atomic mass is 9.84. The third-order valence-corrected chi connectivity index (χ3v) is 5.29. The molecule has 2 bridgehead atoms. The molecule has 5 heteroatoms. The van der Waals surface area contributed by atoms with Crippen molar-refractivity contribution < 1.29 is 9.53 Å². The molecular weight excluding hydrogens is 276 g/mol. The summed E-state index contributed by atoms with van der Waals surface area (Å²) in [4.78, 5) is 14.3. The predicted molar refractivity (Wildman–Crippen MR) is 81.0 cm³/mol. The van der Waals surface area contributed by atoms with E-state index in [2.05, 4.69) is 17.1 Å². The molecule has 2 aliphatic carbocycles. The zero-order valence-electron chi connectivity index (χ0n) is 12.3. The topological polar surface area (TPSA) is 41.6 Å². The highest BCUT2D eigenvalue weighted by Crippen LogP contribution is 2.49. The van der Waals surface area contributed by atoms with Crippen LogP contribution in [0, 0.1) is 17.8 Å². The van der Waals surface area contributed by atoms with Gasteiger partial charge in [-0.3, -0.25) is 9.69 Å². The van der Waals surface area contributed by atoms with Crippen LogP contribution in [-0.4, -0.2) is 49.7 Å². The van der Waals surface area contributed by atoms with Crippen molar-refractivity contribution >= 4 is 18.3 Å². The van der Waals surface area contributed by atoms with Gasteiger partial charge in [-0.2, -0.15) is 0 Å². The summed E-state index contributed by atoms with van der Waals surface area (Å²) < 4.78 is 5.30. The molecule has 20 heavy (non-hydrogen) atoms. The van der Waals surface area contributed by atoms with Crippen LogP contribution < -0.4 is 5.32 Å². The van der Waals surface area contributed by atoms with Gasteiger partial charge in [-0.15, -0.1) is 12.4 Å². The van der Waals surface area contributed by atoms with Crippen molar-refractivity contribution in [2.24, 2.45) is 17.8 Å². The van der Waals surface area contributed by atoms with Crippen LogP contribution in [0.4, 0.5) is 0 Å². The maximum Gasteiger partial charge on any atom is 0.234 e. The van der Waals surface area contributed by atoms with Crippen molar-refractivity contribution in [1.82, 2.24) is 10.2 Å². The monoisotopic (exact) mass is 302 g/mol. The molecule has 2 saturated carbocycles. The molecule has 4 unspecified atom stereocenters. The normalized spacial score (nSPS) is 34.5. The second-order valence-electron chi connectivity index (χ2n) is 6.58. The first-order chi connectivity index (χ1) is 9.22. The van der Waals surface area contributed by atoms with Gasteiger partial charge in [-0.1, -0.05) is 6.42 Å². The van der Waals surface area contributed by atoms with E-state index in [-0.39, 0.29) is 18.3 Å². The molecule has 3 fully saturated rings. The zero-order valence-corrected chi connectivity index (χ0v) is 13.2. The quantitative estimate of drug-likeness (QED) is 0.859. The summed E-state index contributed by atoms with van der Waals surface area (Å²) in [7, 11) is 0. The third kappa shape index (κ3) is 3.66. The Bertz CT molecular complexity index is 334. The van der Waals surface area contributed by atoms with Crippen molar-refractivity contribution in [3.63, 3.8) is 0 Å². The van der Waals surface area contributed by atoms with Gasteiger partial charge in [0.1, 0.15) is 0 Å². The fourth-order valence-electron chi connectivity index (χ4n) is 4.28. The molecule has 1 aliphatic heterocycles. The van der Waals surface area contributed by atoms with Gasteiger partial charge < -0.3 is 10.1 Å². The Morgan fingerprint density at radius 2 is 2.05 bits per heavy atom. The van der Waals surface area contributed by atoms with Crippen LogP contribution in [0.3, 0.4) is 0 Å². The fraction of sp³-hybridized carbons (Fsp3) is 0.933. The van der Waals surface area contributed by atoms with E-state index in [9.17, 15) is 4.79 Å². The second kappa shape index (κ2) is 7.10. The van der Waals surface area contributed by atoms with E-state index in [1.165, 1.54) is 25.7 Å². The number of amides is 1. The lowest BCUT2D eigenvalue weighted by Gasteiger charge is -2.30. The number of hydrogen-bond donors (Lipinski definition) is 1. The highest BCUT2D eigenvalue weighted by molar-refractivity contribution is 5.85. The van der Waals surface area contributed by atoms with Gasteiger partial charge in [0.25, 0.3) is 0 Å². The first-order valence-corrected chi connectivity index (χ1v) is 7.82. The van der Waals surface area contributed by atoms with Gasteiger partial charge in [-0.25, -0.2) is 0 Å². The number of nitrogens with one attached hydrogen (secondary N) is 1. The van der Waals surface area contributed by atoms with Crippen LogP contribution >= 0.6 is 12.4 Å². The molecule has 3 aliphatic rings. The molecule has 1 heterocycles. The highest BCUT2D eigenvalue weighted by atomic mass is 35.5. The van der Waals surface area contributed by atoms with Gasteiger partial charge in [0.15, 0.2) is 0 Å². The van der Waals surface area contributed by atoms with E-state index >= 15 is 0 Å². The van der Waals surface area contributed by atoms with E-state index in [0.717, 1.165) is 44.1 Å². The van der Waals surface area contributed by atoms with Crippen LogP contribution in [0.5, 0.6) is 0 Å². The van der Waals surface area contributed by atoms with Gasteiger partial charge >= 0.3 is 0 Å². The first-order valence-electron chi connectivity index (χ1n) is 7.82. The van der Waals surface area contributed by atoms with Crippen LogP contribution in [0.1, 0.15) is 32.6 Å². The molecule has 1 amide bonds. The summed E-state index contributed by atoms with van der Waals surface area (Å²) in [6.45, 7) is 6.02. The van der Waals surface area contributed by atoms with Gasteiger partial charge in [-0.05, 0) is 43.9 Å². The molecular formula is C15H27ClN2O2. The summed E-state index contributed by atoms with van der Waals surface area (Å²) in [5.41, 5.74) is 0. The van der Waals surface area contributed by atoms with E-state index in [4.69, 9.17) is 4.74 Å².